The van der Waals surface area contributed by atoms with E-state index in [0.29, 0.717) is 21.9 Å². The lowest BCUT2D eigenvalue weighted by Crippen LogP contribution is -2.10. The van der Waals surface area contributed by atoms with Crippen molar-refractivity contribution in [2.75, 3.05) is 20.0 Å². The van der Waals surface area contributed by atoms with Crippen molar-refractivity contribution in [3.63, 3.8) is 0 Å². The standard InChI is InChI=1S/C11H10N2O3S.C3H5N3OS/c1-15-11-12-9(17-13-11)7-10(14)16-8-5-3-2-4-6-8;1-7-3-5-2(4)8-6-3/h2-6H,7H2,1H3;1H3,(H2,4,5,6). The van der Waals surface area contributed by atoms with Crippen molar-refractivity contribution in [3.05, 3.63) is 35.3 Å². The van der Waals surface area contributed by atoms with Crippen molar-refractivity contribution in [1.29, 1.82) is 0 Å². The second-order valence-electron chi connectivity index (χ2n) is 4.26. The molecular formula is C14H15N5O4S2. The Balaban J connectivity index is 0.000000236. The molecule has 0 fully saturated rings. The number of hydrogen-bond acceptors (Lipinski definition) is 11. The highest BCUT2D eigenvalue weighted by atomic mass is 32.1. The smallest absolute Gasteiger partial charge is 0.329 e. The Morgan fingerprint density at radius 3 is 2.20 bits per heavy atom. The number of methoxy groups -OCH3 is 2. The first-order valence-electron chi connectivity index (χ1n) is 6.86. The van der Waals surface area contributed by atoms with Gasteiger partial charge in [0.15, 0.2) is 0 Å². The molecule has 0 radical (unpaired) electrons. The van der Waals surface area contributed by atoms with Crippen LogP contribution in [-0.4, -0.2) is 38.9 Å². The molecular weight excluding hydrogens is 366 g/mol. The van der Waals surface area contributed by atoms with Crippen LogP contribution in [0.15, 0.2) is 30.3 Å². The van der Waals surface area contributed by atoms with E-state index in [4.69, 9.17) is 15.2 Å². The molecule has 0 amide bonds. The summed E-state index contributed by atoms with van der Waals surface area (Å²) >= 11 is 2.25. The summed E-state index contributed by atoms with van der Waals surface area (Å²) in [7, 11) is 2.98. The van der Waals surface area contributed by atoms with Gasteiger partial charge in [-0.15, -0.1) is 8.75 Å². The van der Waals surface area contributed by atoms with Crippen molar-refractivity contribution in [1.82, 2.24) is 18.7 Å². The van der Waals surface area contributed by atoms with Gasteiger partial charge in [0, 0.05) is 11.5 Å². The molecule has 0 aliphatic carbocycles. The molecule has 0 aliphatic heterocycles. The van der Waals surface area contributed by atoms with E-state index < -0.39 is 0 Å². The van der Waals surface area contributed by atoms with Crippen LogP contribution in [0.4, 0.5) is 5.13 Å². The van der Waals surface area contributed by atoms with Gasteiger partial charge in [-0.3, -0.25) is 4.79 Å². The molecule has 3 aromatic rings. The average Bonchev–Trinajstić information content (AvgIpc) is 3.24. The first-order valence-corrected chi connectivity index (χ1v) is 8.41. The van der Waals surface area contributed by atoms with E-state index in [0.717, 1.165) is 23.1 Å². The summed E-state index contributed by atoms with van der Waals surface area (Å²) in [6, 6.07) is 9.52. The molecule has 3 rings (SSSR count). The minimum atomic E-state index is -0.366. The Kier molecular flexibility index (Phi) is 7.04. The van der Waals surface area contributed by atoms with Crippen LogP contribution >= 0.6 is 23.1 Å². The SMILES string of the molecule is COc1nsc(CC(=O)Oc2ccccc2)n1.COc1nsc(N)n1. The normalized spacial score (nSPS) is 9.68. The number of esters is 1. The third kappa shape index (κ3) is 6.31. The molecule has 0 aliphatic rings. The molecule has 0 spiro atoms. The van der Waals surface area contributed by atoms with E-state index in [1.807, 2.05) is 6.07 Å². The molecule has 0 bridgehead atoms. The number of carbonyl (C=O) groups excluding carboxylic acids is 1. The summed E-state index contributed by atoms with van der Waals surface area (Å²) < 4.78 is 22.2. The van der Waals surface area contributed by atoms with Crippen molar-refractivity contribution in [3.8, 4) is 17.8 Å². The van der Waals surface area contributed by atoms with Crippen LogP contribution in [-0.2, 0) is 11.2 Å². The Morgan fingerprint density at radius 1 is 1.04 bits per heavy atom. The average molecular weight is 381 g/mol. The van der Waals surface area contributed by atoms with Crippen LogP contribution < -0.4 is 19.9 Å². The van der Waals surface area contributed by atoms with Crippen molar-refractivity contribution in [2.24, 2.45) is 0 Å². The fourth-order valence-electron chi connectivity index (χ4n) is 1.48. The maximum atomic E-state index is 11.6. The number of benzene rings is 1. The summed E-state index contributed by atoms with van der Waals surface area (Å²) in [5.74, 6) is 0.156. The van der Waals surface area contributed by atoms with E-state index in [-0.39, 0.29) is 18.4 Å². The molecule has 2 aromatic heterocycles. The van der Waals surface area contributed by atoms with Gasteiger partial charge in [-0.05, 0) is 23.7 Å². The number of ether oxygens (including phenoxy) is 3. The highest BCUT2D eigenvalue weighted by Crippen LogP contribution is 2.13. The number of anilines is 1. The van der Waals surface area contributed by atoms with Gasteiger partial charge in [-0.25, -0.2) is 0 Å². The van der Waals surface area contributed by atoms with Gasteiger partial charge in [0.05, 0.1) is 20.6 Å². The van der Waals surface area contributed by atoms with E-state index in [1.165, 1.54) is 14.2 Å². The van der Waals surface area contributed by atoms with Gasteiger partial charge in [0.2, 0.25) is 5.13 Å². The zero-order valence-corrected chi connectivity index (χ0v) is 15.0. The predicted octanol–water partition coefficient (Wildman–Crippen LogP) is 1.82. The molecule has 0 saturated carbocycles. The molecule has 11 heteroatoms. The number of rotatable bonds is 5. The number of hydrogen-bond donors (Lipinski definition) is 1. The fourth-order valence-corrected chi connectivity index (χ4v) is 2.48. The largest absolute Gasteiger partial charge is 0.466 e. The summed E-state index contributed by atoms with van der Waals surface area (Å²) in [5, 5.41) is 1.00. The van der Waals surface area contributed by atoms with Crippen LogP contribution in [0.3, 0.4) is 0 Å². The number of aromatic nitrogens is 4. The monoisotopic (exact) mass is 381 g/mol. The van der Waals surface area contributed by atoms with Crippen LogP contribution in [0, 0.1) is 0 Å². The van der Waals surface area contributed by atoms with Crippen LogP contribution in [0.1, 0.15) is 5.01 Å². The molecule has 25 heavy (non-hydrogen) atoms. The highest BCUT2D eigenvalue weighted by molar-refractivity contribution is 7.09. The predicted molar refractivity (Wildman–Crippen MR) is 93.1 cm³/mol. The van der Waals surface area contributed by atoms with E-state index in [1.54, 1.807) is 24.3 Å². The van der Waals surface area contributed by atoms with Gasteiger partial charge in [-0.1, -0.05) is 18.2 Å². The first-order chi connectivity index (χ1) is 12.1. The van der Waals surface area contributed by atoms with Crippen LogP contribution in [0.25, 0.3) is 0 Å². The summed E-state index contributed by atoms with van der Waals surface area (Å²) in [6.07, 6.45) is 0.0932. The van der Waals surface area contributed by atoms with Crippen molar-refractivity contribution >= 4 is 34.2 Å². The molecule has 1 aromatic carbocycles. The second-order valence-corrected chi connectivity index (χ2v) is 5.88. The minimum Gasteiger partial charge on any atom is -0.466 e. The van der Waals surface area contributed by atoms with E-state index in [9.17, 15) is 4.79 Å². The van der Waals surface area contributed by atoms with Crippen LogP contribution in [0.2, 0.25) is 0 Å². The lowest BCUT2D eigenvalue weighted by atomic mass is 10.3. The zero-order chi connectivity index (χ0) is 18.1. The molecule has 9 nitrogen and oxygen atoms in total. The molecule has 2 heterocycles. The van der Waals surface area contributed by atoms with Gasteiger partial charge in [0.1, 0.15) is 10.8 Å². The summed E-state index contributed by atoms with van der Waals surface area (Å²) in [4.78, 5) is 19.2. The topological polar surface area (TPSA) is 122 Å². The molecule has 0 atom stereocenters. The van der Waals surface area contributed by atoms with Gasteiger partial charge in [-0.2, -0.15) is 9.97 Å². The Bertz CT molecular complexity index is 793. The Labute approximate surface area is 151 Å². The van der Waals surface area contributed by atoms with Crippen molar-refractivity contribution in [2.45, 2.75) is 6.42 Å². The minimum absolute atomic E-state index is 0.0932. The first kappa shape index (κ1) is 18.5. The third-order valence-electron chi connectivity index (χ3n) is 2.51. The number of carbonyl (C=O) groups is 1. The molecule has 132 valence electrons. The summed E-state index contributed by atoms with van der Waals surface area (Å²) in [6.45, 7) is 0. The van der Waals surface area contributed by atoms with E-state index >= 15 is 0 Å². The van der Waals surface area contributed by atoms with E-state index in [2.05, 4.69) is 23.5 Å². The number of para-hydroxylation sites is 1. The zero-order valence-electron chi connectivity index (χ0n) is 13.4. The maximum absolute atomic E-state index is 11.6. The Morgan fingerprint density at radius 2 is 1.68 bits per heavy atom. The second kappa shape index (κ2) is 9.49. The quantitative estimate of drug-likeness (QED) is 0.521. The lowest BCUT2D eigenvalue weighted by molar-refractivity contribution is -0.133. The van der Waals surface area contributed by atoms with Gasteiger partial charge in [0.25, 0.3) is 0 Å². The van der Waals surface area contributed by atoms with Gasteiger partial charge < -0.3 is 19.9 Å². The molecule has 2 N–H and O–H groups in total. The number of nitrogens with two attached hydrogens (primary N) is 1. The lowest BCUT2D eigenvalue weighted by Gasteiger charge is -2.01. The number of nitrogens with zero attached hydrogens (tertiary/aromatic N) is 4. The number of nitrogen functional groups attached to an aromatic ring is 1. The van der Waals surface area contributed by atoms with Crippen molar-refractivity contribution < 1.29 is 19.0 Å². The highest BCUT2D eigenvalue weighted by Gasteiger charge is 2.11. The maximum Gasteiger partial charge on any atom is 0.329 e. The fraction of sp³-hybridized carbons (Fsp3) is 0.214. The van der Waals surface area contributed by atoms with Crippen LogP contribution in [0.5, 0.6) is 17.8 Å². The molecule has 0 unspecified atom stereocenters. The third-order valence-corrected chi connectivity index (χ3v) is 3.73. The summed E-state index contributed by atoms with van der Waals surface area (Å²) in [5.41, 5.74) is 5.22. The Hall–Kier alpha value is -2.79. The van der Waals surface area contributed by atoms with Gasteiger partial charge >= 0.3 is 18.0 Å². The molecule has 0 saturated heterocycles.